The Hall–Kier alpha value is -2.02. The second-order valence-corrected chi connectivity index (χ2v) is 7.36. The van der Waals surface area contributed by atoms with Crippen molar-refractivity contribution in [3.05, 3.63) is 45.7 Å². The van der Waals surface area contributed by atoms with Crippen molar-refractivity contribution in [2.24, 2.45) is 5.41 Å². The molecule has 0 radical (unpaired) electrons. The van der Waals surface area contributed by atoms with E-state index in [2.05, 4.69) is 4.98 Å². The lowest BCUT2D eigenvalue weighted by Crippen LogP contribution is -2.50. The molecule has 0 atom stereocenters. The normalized spacial score (nSPS) is 17.5. The van der Waals surface area contributed by atoms with Crippen LogP contribution in [0.5, 0.6) is 17.2 Å². The van der Waals surface area contributed by atoms with Crippen LogP contribution in [0.2, 0.25) is 10.0 Å². The summed E-state index contributed by atoms with van der Waals surface area (Å²) in [4.78, 5) is 16.6. The molecule has 1 aromatic carbocycles. The summed E-state index contributed by atoms with van der Waals surface area (Å²) in [5.41, 5.74) is 0.581. The number of carbonyl (C=O) groups excluding carboxylic acids is 1. The highest BCUT2D eigenvalue weighted by Gasteiger charge is 2.43. The Labute approximate surface area is 159 Å². The van der Waals surface area contributed by atoms with Gasteiger partial charge in [0.15, 0.2) is 17.3 Å². The van der Waals surface area contributed by atoms with Gasteiger partial charge in [0.05, 0.1) is 34.2 Å². The van der Waals surface area contributed by atoms with Crippen LogP contribution < -0.4 is 9.47 Å². The monoisotopic (exact) mass is 395 g/mol. The van der Waals surface area contributed by atoms with Crippen molar-refractivity contribution in [2.75, 3.05) is 26.4 Å². The second kappa shape index (κ2) is 6.61. The van der Waals surface area contributed by atoms with Crippen LogP contribution in [-0.2, 0) is 11.2 Å². The first-order valence-corrected chi connectivity index (χ1v) is 8.75. The molecule has 0 saturated carbocycles. The number of aromatic nitrogens is 1. The number of phenols is 1. The highest BCUT2D eigenvalue weighted by atomic mass is 35.5. The molecule has 1 spiro atoms. The summed E-state index contributed by atoms with van der Waals surface area (Å²) in [6.07, 6.45) is 2.74. The number of Topliss-reactive ketones (excluding diaryl/α,β-unsaturated/α-hetero) is 1. The Morgan fingerprint density at radius 2 is 1.73 bits per heavy atom. The van der Waals surface area contributed by atoms with Crippen LogP contribution in [0.25, 0.3) is 0 Å². The van der Waals surface area contributed by atoms with Gasteiger partial charge in [-0.05, 0) is 6.07 Å². The molecular formula is C18H15Cl2NO5. The number of hydrogen-bond acceptors (Lipinski definition) is 6. The van der Waals surface area contributed by atoms with Gasteiger partial charge in [-0.1, -0.05) is 29.3 Å². The molecule has 1 N–H and O–H groups in total. The zero-order valence-electron chi connectivity index (χ0n) is 13.6. The van der Waals surface area contributed by atoms with E-state index in [1.165, 1.54) is 18.5 Å². The number of benzene rings is 1. The lowest BCUT2D eigenvalue weighted by molar-refractivity contribution is -0.143. The molecule has 1 fully saturated rings. The predicted molar refractivity (Wildman–Crippen MR) is 94.6 cm³/mol. The van der Waals surface area contributed by atoms with Crippen LogP contribution >= 0.6 is 23.2 Å². The Bertz CT molecular complexity index is 862. The number of carbonyl (C=O) groups is 1. The van der Waals surface area contributed by atoms with Crippen LogP contribution in [0, 0.1) is 5.41 Å². The van der Waals surface area contributed by atoms with Crippen molar-refractivity contribution in [1.29, 1.82) is 0 Å². The Kier molecular flexibility index (Phi) is 4.42. The Morgan fingerprint density at radius 1 is 1.08 bits per heavy atom. The third-order valence-electron chi connectivity index (χ3n) is 4.52. The van der Waals surface area contributed by atoms with Crippen molar-refractivity contribution in [3.8, 4) is 17.2 Å². The number of rotatable bonds is 3. The van der Waals surface area contributed by atoms with Gasteiger partial charge in [0.1, 0.15) is 13.2 Å². The lowest BCUT2D eigenvalue weighted by Gasteiger charge is -2.38. The molecule has 3 heterocycles. The lowest BCUT2D eigenvalue weighted by atomic mass is 9.88. The molecule has 8 heteroatoms. The maximum absolute atomic E-state index is 12.7. The third kappa shape index (κ3) is 2.98. The molecule has 0 amide bonds. The van der Waals surface area contributed by atoms with E-state index in [9.17, 15) is 9.90 Å². The van der Waals surface area contributed by atoms with Gasteiger partial charge in [-0.3, -0.25) is 9.78 Å². The fraction of sp³-hybridized carbons (Fsp3) is 0.333. The minimum atomic E-state index is -0.273. The van der Waals surface area contributed by atoms with Crippen LogP contribution in [0.15, 0.2) is 24.5 Å². The highest BCUT2D eigenvalue weighted by molar-refractivity contribution is 6.39. The summed E-state index contributed by atoms with van der Waals surface area (Å²) in [6, 6.07) is 3.11. The molecule has 2 aliphatic rings. The second-order valence-electron chi connectivity index (χ2n) is 6.55. The molecule has 6 nitrogen and oxygen atoms in total. The maximum Gasteiger partial charge on any atom is 0.203 e. The fourth-order valence-corrected chi connectivity index (χ4v) is 3.59. The number of aromatic hydroxyl groups is 1. The van der Waals surface area contributed by atoms with E-state index in [1.54, 1.807) is 6.07 Å². The van der Waals surface area contributed by atoms with E-state index in [-0.39, 0.29) is 44.7 Å². The number of pyridine rings is 1. The number of halogens is 2. The summed E-state index contributed by atoms with van der Waals surface area (Å²) in [6.45, 7) is 1.85. The summed E-state index contributed by atoms with van der Waals surface area (Å²) >= 11 is 12.1. The first-order chi connectivity index (χ1) is 12.5. The van der Waals surface area contributed by atoms with Gasteiger partial charge in [0.25, 0.3) is 0 Å². The molecule has 4 rings (SSSR count). The van der Waals surface area contributed by atoms with Crippen LogP contribution in [-0.4, -0.2) is 42.3 Å². The van der Waals surface area contributed by atoms with Gasteiger partial charge in [-0.2, -0.15) is 0 Å². The van der Waals surface area contributed by atoms with Gasteiger partial charge >= 0.3 is 0 Å². The number of ketones is 1. The first-order valence-electron chi connectivity index (χ1n) is 7.99. The number of hydrogen-bond donors (Lipinski definition) is 1. The first kappa shape index (κ1) is 17.4. The number of ether oxygens (including phenoxy) is 3. The van der Waals surface area contributed by atoms with Gasteiger partial charge in [-0.25, -0.2) is 0 Å². The van der Waals surface area contributed by atoms with Crippen molar-refractivity contribution >= 4 is 29.0 Å². The molecule has 136 valence electrons. The van der Waals surface area contributed by atoms with E-state index in [0.29, 0.717) is 37.7 Å². The van der Waals surface area contributed by atoms with E-state index < -0.39 is 0 Å². The molecule has 2 aromatic rings. The smallest absolute Gasteiger partial charge is 0.203 e. The minimum Gasteiger partial charge on any atom is -0.504 e. The maximum atomic E-state index is 12.7. The zero-order valence-corrected chi connectivity index (χ0v) is 15.1. The summed E-state index contributed by atoms with van der Waals surface area (Å²) in [5, 5.41) is 10.5. The van der Waals surface area contributed by atoms with E-state index in [4.69, 9.17) is 37.4 Å². The SMILES string of the molecule is O=C(Cc1ccc(O)c2c1OCC1(COC1)CO2)c1c(Cl)cncc1Cl. The van der Waals surface area contributed by atoms with E-state index in [0.717, 1.165) is 0 Å². The van der Waals surface area contributed by atoms with Gasteiger partial charge in [-0.15, -0.1) is 0 Å². The van der Waals surface area contributed by atoms with Crippen LogP contribution in [0.1, 0.15) is 15.9 Å². The number of nitrogens with zero attached hydrogens (tertiary/aromatic N) is 1. The molecule has 1 aromatic heterocycles. The molecule has 0 aliphatic carbocycles. The molecular weight excluding hydrogens is 381 g/mol. The van der Waals surface area contributed by atoms with Crippen molar-refractivity contribution in [3.63, 3.8) is 0 Å². The quantitative estimate of drug-likeness (QED) is 0.803. The number of phenolic OH excluding ortho intramolecular Hbond substituents is 1. The van der Waals surface area contributed by atoms with Gasteiger partial charge < -0.3 is 19.3 Å². The van der Waals surface area contributed by atoms with E-state index >= 15 is 0 Å². The molecule has 0 unspecified atom stereocenters. The summed E-state index contributed by atoms with van der Waals surface area (Å²) in [5.74, 6) is 0.299. The molecule has 1 saturated heterocycles. The largest absolute Gasteiger partial charge is 0.504 e. The fourth-order valence-electron chi connectivity index (χ4n) is 3.02. The predicted octanol–water partition coefficient (Wildman–Crippen LogP) is 3.31. The molecule has 2 aliphatic heterocycles. The third-order valence-corrected chi connectivity index (χ3v) is 5.09. The highest BCUT2D eigenvalue weighted by Crippen LogP contribution is 2.45. The molecule has 26 heavy (non-hydrogen) atoms. The number of fused-ring (bicyclic) bond motifs is 1. The van der Waals surface area contributed by atoms with Crippen molar-refractivity contribution < 1.29 is 24.1 Å². The minimum absolute atomic E-state index is 0.00106. The van der Waals surface area contributed by atoms with Crippen LogP contribution in [0.4, 0.5) is 0 Å². The average Bonchev–Trinajstić information content (AvgIpc) is 2.78. The van der Waals surface area contributed by atoms with Crippen molar-refractivity contribution in [2.45, 2.75) is 6.42 Å². The van der Waals surface area contributed by atoms with Crippen molar-refractivity contribution in [1.82, 2.24) is 4.98 Å². The average molecular weight is 396 g/mol. The summed E-state index contributed by atoms with van der Waals surface area (Å²) in [7, 11) is 0. The Morgan fingerprint density at radius 3 is 2.35 bits per heavy atom. The van der Waals surface area contributed by atoms with Gasteiger partial charge in [0, 0.05) is 24.4 Å². The summed E-state index contributed by atoms with van der Waals surface area (Å²) < 4.78 is 17.0. The zero-order chi connectivity index (χ0) is 18.3. The topological polar surface area (TPSA) is 77.9 Å². The van der Waals surface area contributed by atoms with Crippen LogP contribution in [0.3, 0.4) is 0 Å². The van der Waals surface area contributed by atoms with Gasteiger partial charge in [0.2, 0.25) is 5.75 Å². The Balaban J connectivity index is 1.65. The molecule has 0 bridgehead atoms. The standard InChI is InChI=1S/C18H15Cl2NO5/c19-11-4-21-5-12(20)15(11)14(23)3-10-1-2-13(22)17-16(10)25-8-18(9-26-17)6-24-7-18/h1-2,4-5,22H,3,6-9H2. The van der Waals surface area contributed by atoms with E-state index in [1.807, 2.05) is 0 Å².